The van der Waals surface area contributed by atoms with Gasteiger partial charge in [-0.05, 0) is 19.9 Å². The molecule has 0 saturated heterocycles. The zero-order valence-electron chi connectivity index (χ0n) is 8.68. The molecule has 1 atom stereocenters. The Morgan fingerprint density at radius 1 is 1.50 bits per heavy atom. The van der Waals surface area contributed by atoms with Gasteiger partial charge in [0.25, 0.3) is 0 Å². The minimum absolute atomic E-state index is 0.0212. The summed E-state index contributed by atoms with van der Waals surface area (Å²) in [7, 11) is 0. The van der Waals surface area contributed by atoms with E-state index in [1.807, 2.05) is 19.9 Å². The largest absolute Gasteiger partial charge is 0.306 e. The van der Waals surface area contributed by atoms with E-state index in [9.17, 15) is 4.39 Å². The lowest BCUT2D eigenvalue weighted by molar-refractivity contribution is 0.545. The lowest BCUT2D eigenvalue weighted by atomic mass is 10.1. The number of benzene rings is 1. The second kappa shape index (κ2) is 4.91. The van der Waals surface area contributed by atoms with E-state index in [2.05, 4.69) is 11.9 Å². The van der Waals surface area contributed by atoms with E-state index in [0.29, 0.717) is 5.56 Å². The maximum atomic E-state index is 13.3. The second-order valence-corrected chi connectivity index (χ2v) is 3.58. The van der Waals surface area contributed by atoms with Crippen molar-refractivity contribution in [1.29, 1.82) is 0 Å². The highest BCUT2D eigenvalue weighted by Gasteiger charge is 2.08. The zero-order valence-corrected chi connectivity index (χ0v) is 8.68. The van der Waals surface area contributed by atoms with Gasteiger partial charge in [0, 0.05) is 18.2 Å². The summed E-state index contributed by atoms with van der Waals surface area (Å²) in [6.45, 7) is 8.40. The molecule has 1 unspecified atom stereocenters. The van der Waals surface area contributed by atoms with Crippen molar-refractivity contribution in [1.82, 2.24) is 5.32 Å². The Kier molecular flexibility index (Phi) is 3.84. The Labute approximate surface area is 84.6 Å². The third-order valence-electron chi connectivity index (χ3n) is 2.08. The second-order valence-electron chi connectivity index (χ2n) is 3.58. The summed E-state index contributed by atoms with van der Waals surface area (Å²) in [6, 6.07) is 6.84. The molecule has 1 aromatic carbocycles. The van der Waals surface area contributed by atoms with Crippen LogP contribution in [0.15, 0.2) is 36.4 Å². The lowest BCUT2D eigenvalue weighted by Gasteiger charge is -2.14. The minimum atomic E-state index is -0.158. The fraction of sp³-hybridized carbons (Fsp3) is 0.333. The van der Waals surface area contributed by atoms with Gasteiger partial charge in [-0.2, -0.15) is 0 Å². The van der Waals surface area contributed by atoms with Crippen LogP contribution in [0.5, 0.6) is 0 Å². The van der Waals surface area contributed by atoms with Crippen molar-refractivity contribution in [2.24, 2.45) is 0 Å². The molecular formula is C12H16FN. The normalized spacial score (nSPS) is 12.5. The first-order chi connectivity index (χ1) is 6.61. The molecule has 0 amide bonds. The van der Waals surface area contributed by atoms with Crippen LogP contribution in [0.25, 0.3) is 0 Å². The number of hydrogen-bond acceptors (Lipinski definition) is 1. The maximum absolute atomic E-state index is 13.3. The number of hydrogen-bond donors (Lipinski definition) is 1. The number of nitrogens with one attached hydrogen (secondary N) is 1. The van der Waals surface area contributed by atoms with E-state index in [1.165, 1.54) is 6.07 Å². The summed E-state index contributed by atoms with van der Waals surface area (Å²) in [5, 5.41) is 3.20. The molecule has 0 heterocycles. The molecule has 0 spiro atoms. The molecular weight excluding hydrogens is 177 g/mol. The van der Waals surface area contributed by atoms with Gasteiger partial charge in [-0.3, -0.25) is 0 Å². The molecule has 0 aliphatic rings. The molecule has 0 radical (unpaired) electrons. The van der Waals surface area contributed by atoms with Gasteiger partial charge in [-0.25, -0.2) is 4.39 Å². The van der Waals surface area contributed by atoms with E-state index in [0.717, 1.165) is 12.1 Å². The molecule has 0 fully saturated rings. The van der Waals surface area contributed by atoms with Crippen molar-refractivity contribution in [3.63, 3.8) is 0 Å². The van der Waals surface area contributed by atoms with Gasteiger partial charge < -0.3 is 5.32 Å². The van der Waals surface area contributed by atoms with Crippen molar-refractivity contribution < 1.29 is 4.39 Å². The van der Waals surface area contributed by atoms with Crippen LogP contribution in [0.2, 0.25) is 0 Å². The fourth-order valence-corrected chi connectivity index (χ4v) is 1.26. The lowest BCUT2D eigenvalue weighted by Crippen LogP contribution is -2.21. The highest BCUT2D eigenvalue weighted by atomic mass is 19.1. The standard InChI is InChI=1S/C12H16FN/c1-9(2)8-14-10(3)11-6-4-5-7-12(11)13/h4-7,10,14H,1,8H2,2-3H3. The van der Waals surface area contributed by atoms with E-state index in [1.54, 1.807) is 12.1 Å². The predicted molar refractivity (Wildman–Crippen MR) is 57.6 cm³/mol. The molecule has 1 aromatic rings. The SMILES string of the molecule is C=C(C)CNC(C)c1ccccc1F. The van der Waals surface area contributed by atoms with Crippen LogP contribution in [0.4, 0.5) is 4.39 Å². The quantitative estimate of drug-likeness (QED) is 0.725. The smallest absolute Gasteiger partial charge is 0.127 e. The van der Waals surface area contributed by atoms with Gasteiger partial charge in [0.1, 0.15) is 5.82 Å². The Morgan fingerprint density at radius 2 is 2.14 bits per heavy atom. The van der Waals surface area contributed by atoms with Crippen LogP contribution < -0.4 is 5.32 Å². The van der Waals surface area contributed by atoms with Gasteiger partial charge in [0.2, 0.25) is 0 Å². The van der Waals surface area contributed by atoms with Gasteiger partial charge in [-0.1, -0.05) is 30.4 Å². The predicted octanol–water partition coefficient (Wildman–Crippen LogP) is 3.05. The van der Waals surface area contributed by atoms with Crippen molar-refractivity contribution >= 4 is 0 Å². The van der Waals surface area contributed by atoms with Crippen LogP contribution in [-0.2, 0) is 0 Å². The molecule has 0 aliphatic carbocycles. The first-order valence-electron chi connectivity index (χ1n) is 4.73. The van der Waals surface area contributed by atoms with Gasteiger partial charge in [0.15, 0.2) is 0 Å². The van der Waals surface area contributed by atoms with E-state index >= 15 is 0 Å². The average Bonchev–Trinajstić information content (AvgIpc) is 2.15. The number of rotatable bonds is 4. The first-order valence-corrected chi connectivity index (χ1v) is 4.73. The third kappa shape index (κ3) is 2.96. The Hall–Kier alpha value is -1.15. The van der Waals surface area contributed by atoms with Crippen LogP contribution in [0.3, 0.4) is 0 Å². The summed E-state index contributed by atoms with van der Waals surface area (Å²) in [4.78, 5) is 0. The van der Waals surface area contributed by atoms with E-state index in [4.69, 9.17) is 0 Å². The van der Waals surface area contributed by atoms with Gasteiger partial charge in [-0.15, -0.1) is 0 Å². The molecule has 1 rings (SSSR count). The summed E-state index contributed by atoms with van der Waals surface area (Å²) < 4.78 is 13.3. The van der Waals surface area contributed by atoms with Crippen molar-refractivity contribution in [2.45, 2.75) is 19.9 Å². The minimum Gasteiger partial charge on any atom is -0.306 e. The van der Waals surface area contributed by atoms with Crippen LogP contribution in [-0.4, -0.2) is 6.54 Å². The molecule has 1 N–H and O–H groups in total. The van der Waals surface area contributed by atoms with E-state index < -0.39 is 0 Å². The van der Waals surface area contributed by atoms with Crippen LogP contribution >= 0.6 is 0 Å². The molecule has 76 valence electrons. The van der Waals surface area contributed by atoms with Crippen molar-refractivity contribution in [2.75, 3.05) is 6.54 Å². The van der Waals surface area contributed by atoms with Crippen LogP contribution in [0, 0.1) is 5.82 Å². The van der Waals surface area contributed by atoms with Crippen molar-refractivity contribution in [3.05, 3.63) is 47.8 Å². The van der Waals surface area contributed by atoms with Crippen molar-refractivity contribution in [3.8, 4) is 0 Å². The van der Waals surface area contributed by atoms with Gasteiger partial charge in [0.05, 0.1) is 0 Å². The topological polar surface area (TPSA) is 12.0 Å². The highest BCUT2D eigenvalue weighted by molar-refractivity contribution is 5.20. The highest BCUT2D eigenvalue weighted by Crippen LogP contribution is 2.15. The first kappa shape index (κ1) is 10.9. The molecule has 0 aliphatic heterocycles. The summed E-state index contributed by atoms with van der Waals surface area (Å²) in [6.07, 6.45) is 0. The fourth-order valence-electron chi connectivity index (χ4n) is 1.26. The van der Waals surface area contributed by atoms with Crippen LogP contribution in [0.1, 0.15) is 25.5 Å². The zero-order chi connectivity index (χ0) is 10.6. The molecule has 2 heteroatoms. The molecule has 0 saturated carbocycles. The molecule has 1 nitrogen and oxygen atoms in total. The summed E-state index contributed by atoms with van der Waals surface area (Å²) in [5.74, 6) is -0.158. The maximum Gasteiger partial charge on any atom is 0.127 e. The van der Waals surface area contributed by atoms with E-state index in [-0.39, 0.29) is 11.9 Å². The Morgan fingerprint density at radius 3 is 2.71 bits per heavy atom. The molecule has 14 heavy (non-hydrogen) atoms. The molecule has 0 bridgehead atoms. The Bertz CT molecular complexity index is 320. The number of halogens is 1. The summed E-state index contributed by atoms with van der Waals surface area (Å²) in [5.41, 5.74) is 1.75. The van der Waals surface area contributed by atoms with Gasteiger partial charge >= 0.3 is 0 Å². The average molecular weight is 193 g/mol. The monoisotopic (exact) mass is 193 g/mol. The molecule has 0 aromatic heterocycles. The Balaban J connectivity index is 2.65. The third-order valence-corrected chi connectivity index (χ3v) is 2.08. The summed E-state index contributed by atoms with van der Waals surface area (Å²) >= 11 is 0.